The molecule has 0 saturated carbocycles. The zero-order chi connectivity index (χ0) is 12.8. The number of hydrogen-bond donors (Lipinski definition) is 1. The van der Waals surface area contributed by atoms with E-state index in [1.54, 1.807) is 32.1 Å². The van der Waals surface area contributed by atoms with E-state index >= 15 is 0 Å². The molecule has 2 nitrogen and oxygen atoms in total. The van der Waals surface area contributed by atoms with Crippen LogP contribution in [0.15, 0.2) is 42.0 Å². The summed E-state index contributed by atoms with van der Waals surface area (Å²) in [4.78, 5) is 11.7. The summed E-state index contributed by atoms with van der Waals surface area (Å²) in [7, 11) is 0. The molecule has 0 aliphatic heterocycles. The summed E-state index contributed by atoms with van der Waals surface area (Å²) in [5, 5.41) is 2.21. The van der Waals surface area contributed by atoms with E-state index in [9.17, 15) is 13.6 Å². The highest BCUT2D eigenvalue weighted by molar-refractivity contribution is 6.05. The molecule has 17 heavy (non-hydrogen) atoms. The molecule has 0 fully saturated rings. The van der Waals surface area contributed by atoms with Crippen LogP contribution in [-0.4, -0.2) is 5.91 Å². The first-order valence-corrected chi connectivity index (χ1v) is 5.14. The second-order valence-corrected chi connectivity index (χ2v) is 3.29. The zero-order valence-electron chi connectivity index (χ0n) is 9.63. The van der Waals surface area contributed by atoms with Crippen molar-refractivity contribution in [3.63, 3.8) is 0 Å². The van der Waals surface area contributed by atoms with Gasteiger partial charge < -0.3 is 5.32 Å². The molecule has 1 N–H and O–H groups in total. The van der Waals surface area contributed by atoms with Crippen LogP contribution in [-0.2, 0) is 4.79 Å². The Morgan fingerprint density at radius 1 is 1.24 bits per heavy atom. The third-order valence-electron chi connectivity index (χ3n) is 2.12. The molecule has 0 radical (unpaired) electrons. The Balaban J connectivity index is 2.96. The molecule has 0 aliphatic rings. The molecule has 1 aromatic carbocycles. The van der Waals surface area contributed by atoms with E-state index in [4.69, 9.17) is 0 Å². The smallest absolute Gasteiger partial charge is 0.255 e. The van der Waals surface area contributed by atoms with Gasteiger partial charge in [0.25, 0.3) is 5.91 Å². The highest BCUT2D eigenvalue weighted by atomic mass is 19.1. The van der Waals surface area contributed by atoms with E-state index in [2.05, 4.69) is 5.32 Å². The molecular weight excluding hydrogens is 224 g/mol. The molecule has 1 aromatic rings. The number of amides is 1. The number of carbonyl (C=O) groups excluding carboxylic acids is 1. The van der Waals surface area contributed by atoms with Crippen LogP contribution in [0.4, 0.5) is 14.5 Å². The molecule has 0 atom stereocenters. The number of halogens is 2. The van der Waals surface area contributed by atoms with E-state index in [1.807, 2.05) is 0 Å². The van der Waals surface area contributed by atoms with Crippen LogP contribution in [0.5, 0.6) is 0 Å². The number of para-hydroxylation sites is 1. The first-order chi connectivity index (χ1) is 8.10. The maximum Gasteiger partial charge on any atom is 0.255 e. The number of benzene rings is 1. The summed E-state index contributed by atoms with van der Waals surface area (Å²) in [6, 6.07) is 3.41. The van der Waals surface area contributed by atoms with Crippen molar-refractivity contribution in [1.82, 2.24) is 0 Å². The Kier molecular flexibility index (Phi) is 4.57. The van der Waals surface area contributed by atoms with E-state index in [1.165, 1.54) is 6.07 Å². The maximum absolute atomic E-state index is 13.3. The van der Waals surface area contributed by atoms with Crippen LogP contribution in [0.3, 0.4) is 0 Å². The predicted octanol–water partition coefficient (Wildman–Crippen LogP) is 3.43. The first kappa shape index (κ1) is 13.1. The lowest BCUT2D eigenvalue weighted by Crippen LogP contribution is -2.15. The minimum Gasteiger partial charge on any atom is -0.317 e. The molecule has 0 unspecified atom stereocenters. The van der Waals surface area contributed by atoms with Crippen LogP contribution in [0.1, 0.15) is 13.8 Å². The lowest BCUT2D eigenvalue weighted by atomic mass is 10.2. The van der Waals surface area contributed by atoms with E-state index < -0.39 is 23.2 Å². The SMILES string of the molecule is CC=CC(=CC)C(=O)Nc1c(F)cccc1F. The molecule has 0 aromatic heterocycles. The summed E-state index contributed by atoms with van der Waals surface area (Å²) in [6.45, 7) is 3.42. The Morgan fingerprint density at radius 2 is 1.82 bits per heavy atom. The minimum atomic E-state index is -0.797. The highest BCUT2D eigenvalue weighted by Crippen LogP contribution is 2.18. The van der Waals surface area contributed by atoms with Crippen molar-refractivity contribution >= 4 is 11.6 Å². The van der Waals surface area contributed by atoms with Crippen molar-refractivity contribution in [3.05, 3.63) is 53.6 Å². The fourth-order valence-corrected chi connectivity index (χ4v) is 1.29. The number of hydrogen-bond acceptors (Lipinski definition) is 1. The molecular formula is C13H13F2NO. The van der Waals surface area contributed by atoms with Gasteiger partial charge in [-0.05, 0) is 26.0 Å². The predicted molar refractivity (Wildman–Crippen MR) is 63.6 cm³/mol. The quantitative estimate of drug-likeness (QED) is 0.633. The molecule has 0 spiro atoms. The highest BCUT2D eigenvalue weighted by Gasteiger charge is 2.13. The van der Waals surface area contributed by atoms with Gasteiger partial charge >= 0.3 is 0 Å². The van der Waals surface area contributed by atoms with Crippen molar-refractivity contribution in [2.75, 3.05) is 5.32 Å². The number of anilines is 1. The number of carbonyl (C=O) groups is 1. The molecule has 1 rings (SSSR count). The Labute approximate surface area is 98.6 Å². The maximum atomic E-state index is 13.3. The Hall–Kier alpha value is -1.97. The number of allylic oxidation sites excluding steroid dienone is 2. The monoisotopic (exact) mass is 237 g/mol. The van der Waals surface area contributed by atoms with Gasteiger partial charge in [0, 0.05) is 5.57 Å². The molecule has 90 valence electrons. The summed E-state index contributed by atoms with van der Waals surface area (Å²) >= 11 is 0. The fourth-order valence-electron chi connectivity index (χ4n) is 1.29. The summed E-state index contributed by atoms with van der Waals surface area (Å²) in [5.41, 5.74) is -0.0866. The van der Waals surface area contributed by atoms with Gasteiger partial charge in [-0.2, -0.15) is 0 Å². The average Bonchev–Trinajstić information content (AvgIpc) is 2.30. The summed E-state index contributed by atoms with van der Waals surface area (Å²) < 4.78 is 26.5. The van der Waals surface area contributed by atoms with Crippen molar-refractivity contribution < 1.29 is 13.6 Å². The summed E-state index contributed by atoms with van der Waals surface area (Å²) in [5.74, 6) is -2.14. The molecule has 0 heterocycles. The molecule has 0 bridgehead atoms. The van der Waals surface area contributed by atoms with Gasteiger partial charge in [0.15, 0.2) is 0 Å². The van der Waals surface area contributed by atoms with Gasteiger partial charge in [0.05, 0.1) is 0 Å². The standard InChI is InChI=1S/C13H13F2NO/c1-3-6-9(4-2)13(17)16-12-10(14)7-5-8-11(12)15/h3-8H,1-2H3,(H,16,17). The second-order valence-electron chi connectivity index (χ2n) is 3.29. The van der Waals surface area contributed by atoms with Crippen molar-refractivity contribution in [2.24, 2.45) is 0 Å². The fraction of sp³-hybridized carbons (Fsp3) is 0.154. The van der Waals surface area contributed by atoms with Crippen molar-refractivity contribution in [1.29, 1.82) is 0 Å². The van der Waals surface area contributed by atoms with Gasteiger partial charge in [0.2, 0.25) is 0 Å². The lowest BCUT2D eigenvalue weighted by Gasteiger charge is -2.07. The third-order valence-corrected chi connectivity index (χ3v) is 2.12. The third kappa shape index (κ3) is 3.24. The van der Waals surface area contributed by atoms with Crippen LogP contribution in [0.25, 0.3) is 0 Å². The molecule has 0 aliphatic carbocycles. The Bertz CT molecular complexity index is 458. The van der Waals surface area contributed by atoms with Gasteiger partial charge in [-0.25, -0.2) is 8.78 Å². The summed E-state index contributed by atoms with van der Waals surface area (Å²) in [6.07, 6.45) is 4.80. The Morgan fingerprint density at radius 3 is 2.29 bits per heavy atom. The van der Waals surface area contributed by atoms with Gasteiger partial charge in [0.1, 0.15) is 17.3 Å². The van der Waals surface area contributed by atoms with Gasteiger partial charge in [-0.3, -0.25) is 4.79 Å². The van der Waals surface area contributed by atoms with Crippen LogP contribution in [0, 0.1) is 11.6 Å². The second kappa shape index (κ2) is 5.94. The van der Waals surface area contributed by atoms with Crippen LogP contribution in [0.2, 0.25) is 0 Å². The largest absolute Gasteiger partial charge is 0.317 e. The minimum absolute atomic E-state index is 0.343. The van der Waals surface area contributed by atoms with Gasteiger partial charge in [-0.15, -0.1) is 0 Å². The van der Waals surface area contributed by atoms with E-state index in [-0.39, 0.29) is 0 Å². The van der Waals surface area contributed by atoms with E-state index in [0.29, 0.717) is 5.57 Å². The normalized spacial score (nSPS) is 11.9. The zero-order valence-corrected chi connectivity index (χ0v) is 9.63. The number of rotatable bonds is 3. The van der Waals surface area contributed by atoms with Gasteiger partial charge in [-0.1, -0.05) is 24.3 Å². The van der Waals surface area contributed by atoms with Crippen LogP contribution < -0.4 is 5.32 Å². The molecule has 1 amide bonds. The van der Waals surface area contributed by atoms with E-state index in [0.717, 1.165) is 12.1 Å². The van der Waals surface area contributed by atoms with Crippen LogP contribution >= 0.6 is 0 Å². The lowest BCUT2D eigenvalue weighted by molar-refractivity contribution is -0.112. The van der Waals surface area contributed by atoms with Crippen molar-refractivity contribution in [3.8, 4) is 0 Å². The molecule has 4 heteroatoms. The topological polar surface area (TPSA) is 29.1 Å². The molecule has 0 saturated heterocycles. The first-order valence-electron chi connectivity index (χ1n) is 5.14. The number of nitrogens with one attached hydrogen (secondary N) is 1. The van der Waals surface area contributed by atoms with Crippen molar-refractivity contribution in [2.45, 2.75) is 13.8 Å². The average molecular weight is 237 g/mol.